The van der Waals surface area contributed by atoms with Gasteiger partial charge >= 0.3 is 0 Å². The Kier molecular flexibility index (Phi) is 8.05. The minimum Gasteiger partial charge on any atom is -0.352 e. The summed E-state index contributed by atoms with van der Waals surface area (Å²) >= 11 is 0. The third kappa shape index (κ3) is 6.16. The first-order chi connectivity index (χ1) is 14.5. The van der Waals surface area contributed by atoms with Crippen LogP contribution in [0.15, 0.2) is 59.5 Å². The van der Waals surface area contributed by atoms with Crippen molar-refractivity contribution < 1.29 is 13.2 Å². The fourth-order valence-corrected chi connectivity index (χ4v) is 5.20. The maximum absolute atomic E-state index is 12.6. The summed E-state index contributed by atoms with van der Waals surface area (Å²) in [6.45, 7) is 0.962. The molecule has 1 aliphatic rings. The molecule has 2 aromatic carbocycles. The van der Waals surface area contributed by atoms with Gasteiger partial charge in [0.15, 0.2) is 0 Å². The fourth-order valence-electron chi connectivity index (χ4n) is 4.02. The average Bonchev–Trinajstić information content (AvgIpc) is 3.03. The number of carbonyl (C=O) groups is 1. The van der Waals surface area contributed by atoms with E-state index in [0.29, 0.717) is 12.1 Å². The molecule has 0 bridgehead atoms. The summed E-state index contributed by atoms with van der Waals surface area (Å²) in [7, 11) is -1.97. The van der Waals surface area contributed by atoms with Crippen LogP contribution in [0.1, 0.15) is 60.9 Å². The van der Waals surface area contributed by atoms with Crippen LogP contribution in [0.5, 0.6) is 0 Å². The van der Waals surface area contributed by atoms with Gasteiger partial charge in [-0.15, -0.1) is 0 Å². The molecule has 0 aliphatic heterocycles. The first-order valence-corrected chi connectivity index (χ1v) is 12.3. The van der Waals surface area contributed by atoms with Gasteiger partial charge in [-0.2, -0.15) is 4.31 Å². The van der Waals surface area contributed by atoms with Crippen molar-refractivity contribution in [2.75, 3.05) is 13.6 Å². The number of carbonyl (C=O) groups excluding carboxylic acids is 1. The van der Waals surface area contributed by atoms with Gasteiger partial charge in [0.1, 0.15) is 0 Å². The molecule has 0 radical (unpaired) electrons. The third-order valence-corrected chi connectivity index (χ3v) is 7.70. The third-order valence-electron chi connectivity index (χ3n) is 5.89. The highest BCUT2D eigenvalue weighted by molar-refractivity contribution is 7.89. The van der Waals surface area contributed by atoms with Crippen LogP contribution in [0.3, 0.4) is 0 Å². The topological polar surface area (TPSA) is 66.5 Å². The molecule has 0 atom stereocenters. The number of sulfonamides is 1. The Morgan fingerprint density at radius 1 is 0.967 bits per heavy atom. The molecule has 1 aliphatic carbocycles. The Bertz CT molecular complexity index is 903. The molecule has 0 saturated heterocycles. The largest absolute Gasteiger partial charge is 0.352 e. The van der Waals surface area contributed by atoms with E-state index in [1.807, 2.05) is 12.1 Å². The summed E-state index contributed by atoms with van der Waals surface area (Å²) < 4.78 is 26.6. The van der Waals surface area contributed by atoms with Crippen molar-refractivity contribution in [1.29, 1.82) is 0 Å². The van der Waals surface area contributed by atoms with Crippen molar-refractivity contribution in [2.24, 2.45) is 5.92 Å². The minimum absolute atomic E-state index is 0.0690. The molecule has 0 unspecified atom stereocenters. The SMILES string of the molecule is CN(Cc1ccc(C(=O)NCCC2CCCCCC2)cc1)S(=O)(=O)c1ccccc1. The van der Waals surface area contributed by atoms with Gasteiger partial charge in [-0.25, -0.2) is 8.42 Å². The highest BCUT2D eigenvalue weighted by Crippen LogP contribution is 2.25. The molecule has 3 rings (SSSR count). The Hall–Kier alpha value is -2.18. The van der Waals surface area contributed by atoms with Gasteiger partial charge in [0, 0.05) is 25.7 Å². The van der Waals surface area contributed by atoms with Gasteiger partial charge in [-0.05, 0) is 42.2 Å². The molecule has 30 heavy (non-hydrogen) atoms. The highest BCUT2D eigenvalue weighted by Gasteiger charge is 2.20. The molecule has 1 N–H and O–H groups in total. The summed E-state index contributed by atoms with van der Waals surface area (Å²) in [5.41, 5.74) is 1.44. The summed E-state index contributed by atoms with van der Waals surface area (Å²) in [6.07, 6.45) is 8.93. The second-order valence-electron chi connectivity index (χ2n) is 8.17. The van der Waals surface area contributed by atoms with Gasteiger partial charge in [-0.1, -0.05) is 68.9 Å². The zero-order valence-electron chi connectivity index (χ0n) is 17.7. The molecular weight excluding hydrogens is 396 g/mol. The van der Waals surface area contributed by atoms with Crippen LogP contribution in [0, 0.1) is 5.92 Å². The molecule has 1 fully saturated rings. The van der Waals surface area contributed by atoms with Gasteiger partial charge in [0.2, 0.25) is 10.0 Å². The van der Waals surface area contributed by atoms with E-state index in [-0.39, 0.29) is 17.3 Å². The van der Waals surface area contributed by atoms with E-state index >= 15 is 0 Å². The zero-order chi connectivity index (χ0) is 21.4. The Labute approximate surface area is 180 Å². The van der Waals surface area contributed by atoms with Crippen LogP contribution >= 0.6 is 0 Å². The first-order valence-electron chi connectivity index (χ1n) is 10.9. The van der Waals surface area contributed by atoms with Crippen LogP contribution in [0.4, 0.5) is 0 Å². The number of nitrogens with one attached hydrogen (secondary N) is 1. The Morgan fingerprint density at radius 3 is 2.23 bits per heavy atom. The van der Waals surface area contributed by atoms with Crippen molar-refractivity contribution in [3.63, 3.8) is 0 Å². The molecule has 5 nitrogen and oxygen atoms in total. The molecule has 0 spiro atoms. The molecule has 1 saturated carbocycles. The van der Waals surface area contributed by atoms with Crippen molar-refractivity contribution in [2.45, 2.75) is 56.4 Å². The van der Waals surface area contributed by atoms with Crippen LogP contribution in [0.25, 0.3) is 0 Å². The van der Waals surface area contributed by atoms with E-state index < -0.39 is 10.0 Å². The smallest absolute Gasteiger partial charge is 0.251 e. The van der Waals surface area contributed by atoms with Gasteiger partial charge in [0.05, 0.1) is 4.90 Å². The molecule has 0 heterocycles. The van der Waals surface area contributed by atoms with Crippen molar-refractivity contribution >= 4 is 15.9 Å². The van der Waals surface area contributed by atoms with E-state index in [4.69, 9.17) is 0 Å². The lowest BCUT2D eigenvalue weighted by molar-refractivity contribution is 0.0951. The van der Waals surface area contributed by atoms with E-state index in [2.05, 4.69) is 5.32 Å². The molecular formula is C24H32N2O3S. The number of benzene rings is 2. The normalized spacial score (nSPS) is 15.7. The fraction of sp³-hybridized carbons (Fsp3) is 0.458. The maximum atomic E-state index is 12.6. The number of rotatable bonds is 8. The monoisotopic (exact) mass is 428 g/mol. The summed E-state index contributed by atoms with van der Waals surface area (Å²) in [5.74, 6) is 0.665. The van der Waals surface area contributed by atoms with E-state index in [9.17, 15) is 13.2 Å². The van der Waals surface area contributed by atoms with Crippen molar-refractivity contribution in [3.05, 3.63) is 65.7 Å². The summed E-state index contributed by atoms with van der Waals surface area (Å²) in [4.78, 5) is 12.7. The predicted octanol–water partition coefficient (Wildman–Crippen LogP) is 4.60. The van der Waals surface area contributed by atoms with Crippen molar-refractivity contribution in [3.8, 4) is 0 Å². The van der Waals surface area contributed by atoms with Crippen LogP contribution in [-0.4, -0.2) is 32.2 Å². The lowest BCUT2D eigenvalue weighted by Crippen LogP contribution is -2.27. The van der Waals surface area contributed by atoms with Gasteiger partial charge in [-0.3, -0.25) is 4.79 Å². The lowest BCUT2D eigenvalue weighted by Gasteiger charge is -2.17. The van der Waals surface area contributed by atoms with E-state index in [1.54, 1.807) is 49.5 Å². The van der Waals surface area contributed by atoms with Crippen LogP contribution < -0.4 is 5.32 Å². The van der Waals surface area contributed by atoms with Crippen LogP contribution in [0.2, 0.25) is 0 Å². The molecule has 162 valence electrons. The molecule has 0 aromatic heterocycles. The molecule has 1 amide bonds. The van der Waals surface area contributed by atoms with E-state index in [0.717, 1.165) is 17.9 Å². The van der Waals surface area contributed by atoms with Gasteiger partial charge < -0.3 is 5.32 Å². The number of amides is 1. The minimum atomic E-state index is -3.53. The van der Waals surface area contributed by atoms with Gasteiger partial charge in [0.25, 0.3) is 5.91 Å². The predicted molar refractivity (Wildman–Crippen MR) is 120 cm³/mol. The number of hydrogen-bond donors (Lipinski definition) is 1. The quantitative estimate of drug-likeness (QED) is 0.625. The molecule has 6 heteroatoms. The van der Waals surface area contributed by atoms with E-state index in [1.165, 1.54) is 42.8 Å². The second kappa shape index (κ2) is 10.7. The number of hydrogen-bond acceptors (Lipinski definition) is 3. The lowest BCUT2D eigenvalue weighted by atomic mass is 9.97. The summed E-state index contributed by atoms with van der Waals surface area (Å²) in [6, 6.07) is 15.6. The van der Waals surface area contributed by atoms with Crippen LogP contribution in [-0.2, 0) is 16.6 Å². The van der Waals surface area contributed by atoms with Crippen molar-refractivity contribution in [1.82, 2.24) is 9.62 Å². The zero-order valence-corrected chi connectivity index (χ0v) is 18.5. The maximum Gasteiger partial charge on any atom is 0.251 e. The average molecular weight is 429 g/mol. The first kappa shape index (κ1) is 22.5. The molecule has 2 aromatic rings. The highest BCUT2D eigenvalue weighted by atomic mass is 32.2. The Morgan fingerprint density at radius 2 is 1.60 bits per heavy atom. The summed E-state index contributed by atoms with van der Waals surface area (Å²) in [5, 5.41) is 3.03. The Balaban J connectivity index is 1.51. The second-order valence-corrected chi connectivity index (χ2v) is 10.2. The standard InChI is InChI=1S/C24H32N2O3S/c1-26(30(28,29)23-11-7-4-8-12-23)19-21-13-15-22(16-14-21)24(27)25-18-17-20-9-5-2-3-6-10-20/h4,7-8,11-16,20H,2-3,5-6,9-10,17-19H2,1H3,(H,25,27). The number of nitrogens with zero attached hydrogens (tertiary/aromatic N) is 1.